The van der Waals surface area contributed by atoms with Crippen molar-refractivity contribution in [1.82, 2.24) is 0 Å². The molecule has 1 atom stereocenters. The summed E-state index contributed by atoms with van der Waals surface area (Å²) in [6.07, 6.45) is 0.880. The molecule has 0 radical (unpaired) electrons. The number of rotatable bonds is 4. The van der Waals surface area contributed by atoms with Crippen molar-refractivity contribution in [1.29, 1.82) is 0 Å². The van der Waals surface area contributed by atoms with E-state index in [2.05, 4.69) is 44.0 Å². The van der Waals surface area contributed by atoms with Gasteiger partial charge in [-0.15, -0.1) is 0 Å². The van der Waals surface area contributed by atoms with E-state index in [0.29, 0.717) is 0 Å². The molecule has 0 fully saturated rings. The standard InChI is InChI=1S/C15H13Br2ClO/c1-19-12-5-6-13(15(17)9-12)14(16)8-10-3-2-4-11(18)7-10/h2-7,9,14H,8H2,1H3. The molecule has 0 aliphatic carbocycles. The van der Waals surface area contributed by atoms with E-state index in [9.17, 15) is 0 Å². The molecule has 0 heterocycles. The number of alkyl halides is 1. The maximum absolute atomic E-state index is 6.00. The first-order chi connectivity index (χ1) is 9.10. The van der Waals surface area contributed by atoms with Crippen LogP contribution in [-0.4, -0.2) is 7.11 Å². The average Bonchev–Trinajstić information content (AvgIpc) is 2.38. The summed E-state index contributed by atoms with van der Waals surface area (Å²) in [5.74, 6) is 0.845. The van der Waals surface area contributed by atoms with Gasteiger partial charge in [0, 0.05) is 14.3 Å². The third-order valence-electron chi connectivity index (χ3n) is 2.85. The highest BCUT2D eigenvalue weighted by Gasteiger charge is 2.13. The van der Waals surface area contributed by atoms with Crippen LogP contribution in [-0.2, 0) is 6.42 Å². The van der Waals surface area contributed by atoms with E-state index in [1.807, 2.05) is 30.3 Å². The van der Waals surface area contributed by atoms with Crippen molar-refractivity contribution < 1.29 is 4.74 Å². The molecule has 100 valence electrons. The second kappa shape index (κ2) is 6.78. The van der Waals surface area contributed by atoms with Crippen molar-refractivity contribution in [3.05, 3.63) is 63.1 Å². The highest BCUT2D eigenvalue weighted by atomic mass is 79.9. The quantitative estimate of drug-likeness (QED) is 0.586. The SMILES string of the molecule is COc1ccc(C(Br)Cc2cccc(Cl)c2)c(Br)c1. The first kappa shape index (κ1) is 14.9. The Labute approximate surface area is 135 Å². The van der Waals surface area contributed by atoms with Crippen molar-refractivity contribution in [3.63, 3.8) is 0 Å². The van der Waals surface area contributed by atoms with Crippen LogP contribution in [0.1, 0.15) is 16.0 Å². The van der Waals surface area contributed by atoms with Crippen LogP contribution in [0.3, 0.4) is 0 Å². The van der Waals surface area contributed by atoms with E-state index >= 15 is 0 Å². The molecule has 0 aromatic heterocycles. The molecule has 0 spiro atoms. The molecule has 0 bridgehead atoms. The molecule has 0 aliphatic heterocycles. The van der Waals surface area contributed by atoms with Crippen LogP contribution >= 0.6 is 43.5 Å². The van der Waals surface area contributed by atoms with Gasteiger partial charge in [-0.3, -0.25) is 0 Å². The zero-order chi connectivity index (χ0) is 13.8. The van der Waals surface area contributed by atoms with E-state index in [0.717, 1.165) is 21.7 Å². The summed E-state index contributed by atoms with van der Waals surface area (Å²) >= 11 is 13.3. The molecule has 0 aliphatic rings. The molecule has 2 rings (SSSR count). The van der Waals surface area contributed by atoms with Gasteiger partial charge in [-0.05, 0) is 41.8 Å². The van der Waals surface area contributed by atoms with Gasteiger partial charge in [0.15, 0.2) is 0 Å². The lowest BCUT2D eigenvalue weighted by molar-refractivity contribution is 0.414. The summed E-state index contributed by atoms with van der Waals surface area (Å²) in [7, 11) is 1.67. The Hall–Kier alpha value is -0.510. The molecule has 1 nitrogen and oxygen atoms in total. The highest BCUT2D eigenvalue weighted by molar-refractivity contribution is 9.11. The van der Waals surface area contributed by atoms with Gasteiger partial charge in [-0.1, -0.05) is 61.7 Å². The minimum absolute atomic E-state index is 0.228. The van der Waals surface area contributed by atoms with Crippen LogP contribution in [0.4, 0.5) is 0 Å². The first-order valence-corrected chi connectivity index (χ1v) is 7.91. The van der Waals surface area contributed by atoms with Gasteiger partial charge in [-0.2, -0.15) is 0 Å². The van der Waals surface area contributed by atoms with Crippen LogP contribution in [0.2, 0.25) is 5.02 Å². The summed E-state index contributed by atoms with van der Waals surface area (Å²) < 4.78 is 6.24. The van der Waals surface area contributed by atoms with Crippen LogP contribution in [0.15, 0.2) is 46.9 Å². The first-order valence-electron chi connectivity index (χ1n) is 5.82. The second-order valence-corrected chi connectivity index (χ2v) is 6.59. The molecule has 0 amide bonds. The van der Waals surface area contributed by atoms with Crippen LogP contribution in [0, 0.1) is 0 Å². The van der Waals surface area contributed by atoms with Gasteiger partial charge >= 0.3 is 0 Å². The molecular weight excluding hydrogens is 391 g/mol. The Kier molecular flexibility index (Phi) is 5.31. The molecule has 0 N–H and O–H groups in total. The maximum atomic E-state index is 6.00. The summed E-state index contributed by atoms with van der Waals surface area (Å²) in [4.78, 5) is 0.228. The number of hydrogen-bond donors (Lipinski definition) is 0. The van der Waals surface area contributed by atoms with E-state index in [-0.39, 0.29) is 4.83 Å². The molecule has 4 heteroatoms. The zero-order valence-corrected chi connectivity index (χ0v) is 14.3. The van der Waals surface area contributed by atoms with Crippen molar-refractivity contribution in [2.75, 3.05) is 7.11 Å². The van der Waals surface area contributed by atoms with Crippen LogP contribution in [0.5, 0.6) is 5.75 Å². The molecule has 19 heavy (non-hydrogen) atoms. The van der Waals surface area contributed by atoms with E-state index < -0.39 is 0 Å². The normalized spacial score (nSPS) is 12.2. The lowest BCUT2D eigenvalue weighted by Gasteiger charge is -2.13. The monoisotopic (exact) mass is 402 g/mol. The van der Waals surface area contributed by atoms with Crippen molar-refractivity contribution >= 4 is 43.5 Å². The third-order valence-corrected chi connectivity index (χ3v) is 4.59. The average molecular weight is 405 g/mol. The van der Waals surface area contributed by atoms with Crippen LogP contribution < -0.4 is 4.74 Å². The van der Waals surface area contributed by atoms with Crippen molar-refractivity contribution in [2.45, 2.75) is 11.2 Å². The topological polar surface area (TPSA) is 9.23 Å². The Morgan fingerprint density at radius 2 is 2.00 bits per heavy atom. The molecule has 2 aromatic rings. The number of benzene rings is 2. The van der Waals surface area contributed by atoms with E-state index in [4.69, 9.17) is 16.3 Å². The Balaban J connectivity index is 2.18. The Bertz CT molecular complexity index is 572. The number of methoxy groups -OCH3 is 1. The maximum Gasteiger partial charge on any atom is 0.120 e. The summed E-state index contributed by atoms with van der Waals surface area (Å²) in [6, 6.07) is 13.9. The summed E-state index contributed by atoms with van der Waals surface area (Å²) in [5.41, 5.74) is 2.40. The smallest absolute Gasteiger partial charge is 0.120 e. The van der Waals surface area contributed by atoms with E-state index in [1.165, 1.54) is 11.1 Å². The second-order valence-electron chi connectivity index (χ2n) is 4.19. The molecule has 2 aromatic carbocycles. The summed E-state index contributed by atoms with van der Waals surface area (Å²) in [5, 5.41) is 0.769. The minimum Gasteiger partial charge on any atom is -0.497 e. The predicted octanol–water partition coefficient (Wildman–Crippen LogP) is 5.79. The largest absolute Gasteiger partial charge is 0.497 e. The van der Waals surface area contributed by atoms with Crippen molar-refractivity contribution in [2.24, 2.45) is 0 Å². The molecule has 0 saturated heterocycles. The fourth-order valence-corrected chi connectivity index (χ4v) is 3.80. The third kappa shape index (κ3) is 3.98. The van der Waals surface area contributed by atoms with Gasteiger partial charge in [0.2, 0.25) is 0 Å². The molecular formula is C15H13Br2ClO. The van der Waals surface area contributed by atoms with Gasteiger partial charge < -0.3 is 4.74 Å². The lowest BCUT2D eigenvalue weighted by atomic mass is 10.0. The van der Waals surface area contributed by atoms with Crippen LogP contribution in [0.25, 0.3) is 0 Å². The predicted molar refractivity (Wildman–Crippen MR) is 87.5 cm³/mol. The number of hydrogen-bond acceptors (Lipinski definition) is 1. The van der Waals surface area contributed by atoms with Gasteiger partial charge in [0.05, 0.1) is 7.11 Å². The number of halogens is 3. The van der Waals surface area contributed by atoms with Crippen molar-refractivity contribution in [3.8, 4) is 5.75 Å². The fraction of sp³-hybridized carbons (Fsp3) is 0.200. The van der Waals surface area contributed by atoms with Gasteiger partial charge in [0.1, 0.15) is 5.75 Å². The fourth-order valence-electron chi connectivity index (χ4n) is 1.87. The Morgan fingerprint density at radius 3 is 2.63 bits per heavy atom. The summed E-state index contributed by atoms with van der Waals surface area (Å²) in [6.45, 7) is 0. The minimum atomic E-state index is 0.228. The highest BCUT2D eigenvalue weighted by Crippen LogP contribution is 2.34. The number of ether oxygens (including phenoxy) is 1. The zero-order valence-electron chi connectivity index (χ0n) is 10.4. The molecule has 1 unspecified atom stereocenters. The molecule has 0 saturated carbocycles. The van der Waals surface area contributed by atoms with E-state index in [1.54, 1.807) is 7.11 Å². The lowest BCUT2D eigenvalue weighted by Crippen LogP contribution is -1.97. The van der Waals surface area contributed by atoms with Gasteiger partial charge in [0.25, 0.3) is 0 Å². The van der Waals surface area contributed by atoms with Gasteiger partial charge in [-0.25, -0.2) is 0 Å². The Morgan fingerprint density at radius 1 is 1.21 bits per heavy atom.